The van der Waals surface area contributed by atoms with E-state index >= 15 is 0 Å². The van der Waals surface area contributed by atoms with Gasteiger partial charge in [0, 0.05) is 12.6 Å². The summed E-state index contributed by atoms with van der Waals surface area (Å²) in [4.78, 5) is 4.37. The van der Waals surface area contributed by atoms with Crippen LogP contribution in [-0.4, -0.2) is 12.0 Å². The van der Waals surface area contributed by atoms with E-state index in [-0.39, 0.29) is 6.04 Å². The zero-order valence-electron chi connectivity index (χ0n) is 8.96. The molecule has 0 bridgehead atoms. The van der Waals surface area contributed by atoms with Gasteiger partial charge in [-0.2, -0.15) is 0 Å². The molecule has 0 amide bonds. The van der Waals surface area contributed by atoms with Crippen molar-refractivity contribution in [3.8, 4) is 11.8 Å². The van der Waals surface area contributed by atoms with Crippen LogP contribution in [0, 0.1) is 18.8 Å². The third-order valence-electron chi connectivity index (χ3n) is 2.21. The summed E-state index contributed by atoms with van der Waals surface area (Å²) < 4.78 is 0. The van der Waals surface area contributed by atoms with Crippen LogP contribution in [0.5, 0.6) is 0 Å². The first-order chi connectivity index (χ1) is 6.79. The van der Waals surface area contributed by atoms with E-state index in [0.29, 0.717) is 0 Å². The second-order valence-electron chi connectivity index (χ2n) is 3.18. The topological polar surface area (TPSA) is 24.9 Å². The number of nitrogens with one attached hydrogen (secondary N) is 1. The van der Waals surface area contributed by atoms with Crippen LogP contribution in [0.1, 0.15) is 30.6 Å². The van der Waals surface area contributed by atoms with E-state index in [1.807, 2.05) is 26.2 Å². The lowest BCUT2D eigenvalue weighted by Gasteiger charge is -2.14. The molecule has 0 aliphatic carbocycles. The van der Waals surface area contributed by atoms with Gasteiger partial charge in [0.05, 0.1) is 11.7 Å². The fourth-order valence-electron chi connectivity index (χ4n) is 1.40. The highest BCUT2D eigenvalue weighted by atomic mass is 14.9. The lowest BCUT2D eigenvalue weighted by atomic mass is 10.1. The van der Waals surface area contributed by atoms with Gasteiger partial charge >= 0.3 is 0 Å². The van der Waals surface area contributed by atoms with Crippen LogP contribution in [0.15, 0.2) is 18.3 Å². The van der Waals surface area contributed by atoms with E-state index in [0.717, 1.165) is 12.1 Å². The summed E-state index contributed by atoms with van der Waals surface area (Å²) in [6, 6.07) is 4.27. The van der Waals surface area contributed by atoms with Crippen LogP contribution in [0.25, 0.3) is 0 Å². The van der Waals surface area contributed by atoms with Gasteiger partial charge in [-0.1, -0.05) is 6.07 Å². The highest BCUT2D eigenvalue weighted by molar-refractivity contribution is 5.22. The Morgan fingerprint density at radius 1 is 1.57 bits per heavy atom. The molecule has 1 atom stereocenters. The van der Waals surface area contributed by atoms with Crippen molar-refractivity contribution in [2.45, 2.75) is 26.3 Å². The van der Waals surface area contributed by atoms with Gasteiger partial charge in [-0.25, -0.2) is 0 Å². The number of rotatable bonds is 3. The summed E-state index contributed by atoms with van der Waals surface area (Å²) >= 11 is 0. The van der Waals surface area contributed by atoms with Crippen molar-refractivity contribution >= 4 is 0 Å². The van der Waals surface area contributed by atoms with E-state index in [2.05, 4.69) is 35.1 Å². The van der Waals surface area contributed by atoms with Crippen molar-refractivity contribution in [3.05, 3.63) is 29.6 Å². The first-order valence-corrected chi connectivity index (χ1v) is 4.78. The molecule has 0 spiro atoms. The third-order valence-corrected chi connectivity index (χ3v) is 2.21. The van der Waals surface area contributed by atoms with Gasteiger partial charge in [0.25, 0.3) is 0 Å². The molecule has 1 N–H and O–H groups in total. The van der Waals surface area contributed by atoms with Gasteiger partial charge in [0.1, 0.15) is 0 Å². The Bertz CT molecular complexity index is 347. The number of hydrogen-bond acceptors (Lipinski definition) is 2. The normalized spacial score (nSPS) is 11.6. The van der Waals surface area contributed by atoms with E-state index in [1.54, 1.807) is 0 Å². The molecule has 1 heterocycles. The summed E-state index contributed by atoms with van der Waals surface area (Å²) in [5.74, 6) is 5.98. The molecule has 1 aromatic heterocycles. The summed E-state index contributed by atoms with van der Waals surface area (Å²) in [7, 11) is 1.94. The van der Waals surface area contributed by atoms with Crippen molar-refractivity contribution in [1.29, 1.82) is 0 Å². The second-order valence-corrected chi connectivity index (χ2v) is 3.18. The minimum absolute atomic E-state index is 0.239. The first kappa shape index (κ1) is 10.7. The maximum Gasteiger partial charge on any atom is 0.0611 e. The molecule has 2 heteroatoms. The van der Waals surface area contributed by atoms with Crippen molar-refractivity contribution in [2.24, 2.45) is 0 Å². The number of hydrogen-bond donors (Lipinski definition) is 1. The van der Waals surface area contributed by atoms with Crippen molar-refractivity contribution in [3.63, 3.8) is 0 Å². The summed E-state index contributed by atoms with van der Waals surface area (Å²) in [5.41, 5.74) is 2.31. The predicted octanol–water partition coefficient (Wildman–Crippen LogP) is 2.06. The van der Waals surface area contributed by atoms with Gasteiger partial charge in [0.15, 0.2) is 0 Å². The Hall–Kier alpha value is -1.33. The molecule has 0 aliphatic rings. The number of aromatic nitrogens is 1. The Labute approximate surface area is 85.8 Å². The minimum Gasteiger partial charge on any atom is -0.311 e. The zero-order chi connectivity index (χ0) is 10.4. The van der Waals surface area contributed by atoms with Crippen molar-refractivity contribution in [1.82, 2.24) is 10.3 Å². The number of aryl methyl sites for hydroxylation is 1. The van der Waals surface area contributed by atoms with E-state index in [4.69, 9.17) is 0 Å². The lowest BCUT2D eigenvalue weighted by Crippen LogP contribution is -2.18. The molecular weight excluding hydrogens is 172 g/mol. The van der Waals surface area contributed by atoms with E-state index < -0.39 is 0 Å². The quantitative estimate of drug-likeness (QED) is 0.734. The highest BCUT2D eigenvalue weighted by Gasteiger charge is 2.10. The molecule has 0 radical (unpaired) electrons. The molecule has 0 saturated heterocycles. The predicted molar refractivity (Wildman–Crippen MR) is 58.8 cm³/mol. The highest BCUT2D eigenvalue weighted by Crippen LogP contribution is 2.16. The monoisotopic (exact) mass is 188 g/mol. The Morgan fingerprint density at radius 3 is 2.93 bits per heavy atom. The fourth-order valence-corrected chi connectivity index (χ4v) is 1.40. The fraction of sp³-hybridized carbons (Fsp3) is 0.417. The SMILES string of the molecule is CC#CCC(NC)c1ncccc1C. The van der Waals surface area contributed by atoms with Crippen molar-refractivity contribution in [2.75, 3.05) is 7.05 Å². The summed E-state index contributed by atoms with van der Waals surface area (Å²) in [6.45, 7) is 3.93. The van der Waals surface area contributed by atoms with Gasteiger partial charge < -0.3 is 5.32 Å². The molecule has 0 aromatic carbocycles. The standard InChI is InChI=1S/C12H16N2/c1-4-5-8-11(13-3)12-10(2)7-6-9-14-12/h6-7,9,11,13H,8H2,1-3H3. The maximum absolute atomic E-state index is 4.37. The molecule has 2 nitrogen and oxygen atoms in total. The van der Waals surface area contributed by atoms with Crippen LogP contribution in [-0.2, 0) is 0 Å². The van der Waals surface area contributed by atoms with Gasteiger partial charge in [-0.05, 0) is 32.5 Å². The molecule has 0 aliphatic heterocycles. The molecule has 1 aromatic rings. The van der Waals surface area contributed by atoms with Gasteiger partial charge in [0.2, 0.25) is 0 Å². The summed E-state index contributed by atoms with van der Waals surface area (Å²) in [6.07, 6.45) is 2.64. The van der Waals surface area contributed by atoms with Crippen LogP contribution in [0.2, 0.25) is 0 Å². The number of pyridine rings is 1. The van der Waals surface area contributed by atoms with Gasteiger partial charge in [-0.15, -0.1) is 11.8 Å². The largest absolute Gasteiger partial charge is 0.311 e. The molecule has 1 rings (SSSR count). The van der Waals surface area contributed by atoms with E-state index in [1.165, 1.54) is 5.56 Å². The lowest BCUT2D eigenvalue weighted by molar-refractivity contribution is 0.590. The maximum atomic E-state index is 4.37. The third kappa shape index (κ3) is 2.58. The minimum atomic E-state index is 0.239. The molecule has 14 heavy (non-hydrogen) atoms. The first-order valence-electron chi connectivity index (χ1n) is 4.78. The van der Waals surface area contributed by atoms with Crippen LogP contribution < -0.4 is 5.32 Å². The van der Waals surface area contributed by atoms with Crippen LogP contribution >= 0.6 is 0 Å². The Morgan fingerprint density at radius 2 is 2.36 bits per heavy atom. The van der Waals surface area contributed by atoms with E-state index in [9.17, 15) is 0 Å². The Balaban J connectivity index is 2.87. The zero-order valence-corrected chi connectivity index (χ0v) is 8.96. The molecular formula is C12H16N2. The Kier molecular flexibility index (Phi) is 4.15. The molecule has 74 valence electrons. The number of nitrogens with zero attached hydrogens (tertiary/aromatic N) is 1. The van der Waals surface area contributed by atoms with Crippen LogP contribution in [0.3, 0.4) is 0 Å². The van der Waals surface area contributed by atoms with Gasteiger partial charge in [-0.3, -0.25) is 4.98 Å². The molecule has 0 saturated carbocycles. The summed E-state index contributed by atoms with van der Waals surface area (Å²) in [5, 5.41) is 3.23. The average Bonchev–Trinajstić information content (AvgIpc) is 2.21. The molecule has 1 unspecified atom stereocenters. The second kappa shape index (κ2) is 5.41. The molecule has 0 fully saturated rings. The average molecular weight is 188 g/mol. The smallest absolute Gasteiger partial charge is 0.0611 e. The van der Waals surface area contributed by atoms with Crippen LogP contribution in [0.4, 0.5) is 0 Å². The van der Waals surface area contributed by atoms with Crippen molar-refractivity contribution < 1.29 is 0 Å².